The van der Waals surface area contributed by atoms with Gasteiger partial charge in [0.1, 0.15) is 17.2 Å². The number of halogens is 3. The molecule has 12 heteroatoms. The number of fused-ring (bicyclic) bond motifs is 1. The van der Waals surface area contributed by atoms with Gasteiger partial charge in [-0.1, -0.05) is 0 Å². The molecule has 9 nitrogen and oxygen atoms in total. The van der Waals surface area contributed by atoms with Crippen molar-refractivity contribution in [2.75, 3.05) is 43.6 Å². The van der Waals surface area contributed by atoms with Crippen LogP contribution in [0, 0.1) is 0 Å². The lowest BCUT2D eigenvalue weighted by Gasteiger charge is -2.31. The van der Waals surface area contributed by atoms with Gasteiger partial charge in [0, 0.05) is 45.5 Å². The Morgan fingerprint density at radius 1 is 1.05 bits per heavy atom. The van der Waals surface area contributed by atoms with Gasteiger partial charge < -0.3 is 29.6 Å². The number of rotatable bonds is 6. The summed E-state index contributed by atoms with van der Waals surface area (Å²) in [4.78, 5) is 22.5. The van der Waals surface area contributed by atoms with Crippen LogP contribution in [0.2, 0.25) is 0 Å². The molecule has 38 heavy (non-hydrogen) atoms. The normalized spacial score (nSPS) is 14.0. The van der Waals surface area contributed by atoms with Crippen LogP contribution in [0.5, 0.6) is 11.5 Å². The Hall–Kier alpha value is -4.32. The third-order valence-corrected chi connectivity index (χ3v) is 6.20. The number of alkyl halides is 3. The first-order valence-electron chi connectivity index (χ1n) is 11.9. The van der Waals surface area contributed by atoms with E-state index in [4.69, 9.17) is 9.47 Å². The van der Waals surface area contributed by atoms with Gasteiger partial charge in [-0.15, -0.1) is 0 Å². The zero-order chi connectivity index (χ0) is 26.9. The smallest absolute Gasteiger partial charge is 0.416 e. The summed E-state index contributed by atoms with van der Waals surface area (Å²) in [5.41, 5.74) is 1.73. The fourth-order valence-corrected chi connectivity index (χ4v) is 4.23. The summed E-state index contributed by atoms with van der Waals surface area (Å²) >= 11 is 0. The minimum atomic E-state index is -4.48. The summed E-state index contributed by atoms with van der Waals surface area (Å²) in [6.07, 6.45) is -3.01. The standard InChI is InChI=1S/C26H25F3N6O3/c1-30-24(36)21-15-18(7-8-31-21)38-17-4-6-22-20(14-17)33-25(34(22)2)32-19-13-16(26(27,28)29)3-5-23(19)35-9-11-37-12-10-35/h3-8,13-15H,9-12H2,1-2H3,(H,30,36)(H,32,33). The summed E-state index contributed by atoms with van der Waals surface area (Å²) in [5.74, 6) is 0.935. The quantitative estimate of drug-likeness (QED) is 0.376. The highest BCUT2D eigenvalue weighted by atomic mass is 19.4. The van der Waals surface area contributed by atoms with Gasteiger partial charge in [0.2, 0.25) is 5.95 Å². The van der Waals surface area contributed by atoms with E-state index >= 15 is 0 Å². The Balaban J connectivity index is 1.46. The largest absolute Gasteiger partial charge is 0.457 e. The van der Waals surface area contributed by atoms with Crippen LogP contribution in [0.15, 0.2) is 54.7 Å². The molecule has 198 valence electrons. The maximum atomic E-state index is 13.5. The fourth-order valence-electron chi connectivity index (χ4n) is 4.23. The molecule has 0 radical (unpaired) electrons. The molecule has 1 saturated heterocycles. The number of hydrogen-bond acceptors (Lipinski definition) is 7. The highest BCUT2D eigenvalue weighted by Crippen LogP contribution is 2.37. The van der Waals surface area contributed by atoms with Gasteiger partial charge in [-0.3, -0.25) is 9.78 Å². The fraction of sp³-hybridized carbons (Fsp3) is 0.269. The molecule has 1 fully saturated rings. The van der Waals surface area contributed by atoms with E-state index in [1.807, 2.05) is 4.90 Å². The summed E-state index contributed by atoms with van der Waals surface area (Å²) in [6.45, 7) is 2.13. The number of anilines is 3. The minimum absolute atomic E-state index is 0.215. The average Bonchev–Trinajstić information content (AvgIpc) is 3.22. The number of morpholine rings is 1. The van der Waals surface area contributed by atoms with Crippen LogP contribution in [0.25, 0.3) is 11.0 Å². The highest BCUT2D eigenvalue weighted by molar-refractivity contribution is 5.92. The van der Waals surface area contributed by atoms with E-state index < -0.39 is 11.7 Å². The molecule has 2 aromatic carbocycles. The maximum Gasteiger partial charge on any atom is 0.416 e. The van der Waals surface area contributed by atoms with Crippen LogP contribution in [0.4, 0.5) is 30.5 Å². The topological polar surface area (TPSA) is 93.5 Å². The molecule has 1 aliphatic rings. The van der Waals surface area contributed by atoms with Crippen molar-refractivity contribution in [1.29, 1.82) is 0 Å². The predicted octanol–water partition coefficient (Wildman–Crippen LogP) is 4.72. The zero-order valence-corrected chi connectivity index (χ0v) is 20.7. The lowest BCUT2D eigenvalue weighted by molar-refractivity contribution is -0.137. The van der Waals surface area contributed by atoms with Crippen molar-refractivity contribution in [3.8, 4) is 11.5 Å². The average molecular weight is 527 g/mol. The molecule has 1 aliphatic heterocycles. The number of imidazole rings is 1. The van der Waals surface area contributed by atoms with Crippen LogP contribution in [0.3, 0.4) is 0 Å². The predicted molar refractivity (Wildman–Crippen MR) is 136 cm³/mol. The second kappa shape index (κ2) is 10.2. The molecule has 0 aliphatic carbocycles. The van der Waals surface area contributed by atoms with Gasteiger partial charge in [-0.2, -0.15) is 13.2 Å². The van der Waals surface area contributed by atoms with E-state index in [0.717, 1.165) is 17.6 Å². The summed E-state index contributed by atoms with van der Waals surface area (Å²) < 4.78 is 53.6. The number of nitrogens with zero attached hydrogens (tertiary/aromatic N) is 4. The maximum absolute atomic E-state index is 13.5. The minimum Gasteiger partial charge on any atom is -0.457 e. The summed E-state index contributed by atoms with van der Waals surface area (Å²) in [6, 6.07) is 12.1. The van der Waals surface area contributed by atoms with Crippen molar-refractivity contribution in [2.45, 2.75) is 6.18 Å². The SMILES string of the molecule is CNC(=O)c1cc(Oc2ccc3c(c2)nc(Nc2cc(C(F)(F)F)ccc2N2CCOCC2)n3C)ccn1. The second-order valence-electron chi connectivity index (χ2n) is 8.66. The second-order valence-corrected chi connectivity index (χ2v) is 8.66. The first-order chi connectivity index (χ1) is 18.2. The number of aromatic nitrogens is 3. The van der Waals surface area contributed by atoms with Crippen LogP contribution in [-0.4, -0.2) is 53.8 Å². The number of aryl methyl sites for hydroxylation is 1. The van der Waals surface area contributed by atoms with Crippen molar-refractivity contribution < 1.29 is 27.4 Å². The zero-order valence-electron chi connectivity index (χ0n) is 20.7. The Morgan fingerprint density at radius 2 is 1.82 bits per heavy atom. The monoisotopic (exact) mass is 526 g/mol. The van der Waals surface area contributed by atoms with Gasteiger partial charge in [0.25, 0.3) is 5.91 Å². The van der Waals surface area contributed by atoms with Crippen molar-refractivity contribution in [3.05, 3.63) is 66.0 Å². The van der Waals surface area contributed by atoms with E-state index in [2.05, 4.69) is 20.6 Å². The number of ether oxygens (including phenoxy) is 2. The molecule has 0 atom stereocenters. The Kier molecular flexibility index (Phi) is 6.81. The number of carbonyl (C=O) groups is 1. The molecule has 4 aromatic rings. The lowest BCUT2D eigenvalue weighted by Crippen LogP contribution is -2.36. The number of amides is 1. The van der Waals surface area contributed by atoms with E-state index in [-0.39, 0.29) is 11.6 Å². The molecule has 0 saturated carbocycles. The van der Waals surface area contributed by atoms with Crippen molar-refractivity contribution in [2.24, 2.45) is 7.05 Å². The van der Waals surface area contributed by atoms with Gasteiger partial charge in [0.05, 0.1) is 41.2 Å². The van der Waals surface area contributed by atoms with Crippen molar-refractivity contribution in [3.63, 3.8) is 0 Å². The first-order valence-corrected chi connectivity index (χ1v) is 11.9. The molecular formula is C26H25F3N6O3. The molecule has 3 heterocycles. The lowest BCUT2D eigenvalue weighted by atomic mass is 10.1. The van der Waals surface area contributed by atoms with E-state index in [1.165, 1.54) is 25.4 Å². The molecule has 2 N–H and O–H groups in total. The molecule has 0 unspecified atom stereocenters. The van der Waals surface area contributed by atoms with Gasteiger partial charge in [-0.05, 0) is 36.4 Å². The van der Waals surface area contributed by atoms with E-state index in [9.17, 15) is 18.0 Å². The number of pyridine rings is 1. The van der Waals surface area contributed by atoms with Gasteiger partial charge >= 0.3 is 6.18 Å². The third-order valence-electron chi connectivity index (χ3n) is 6.20. The molecule has 5 rings (SSSR count). The van der Waals surface area contributed by atoms with Crippen LogP contribution in [-0.2, 0) is 18.0 Å². The third kappa shape index (κ3) is 5.21. The van der Waals surface area contributed by atoms with Crippen LogP contribution in [0.1, 0.15) is 16.1 Å². The van der Waals surface area contributed by atoms with Crippen molar-refractivity contribution in [1.82, 2.24) is 19.9 Å². The van der Waals surface area contributed by atoms with Crippen molar-refractivity contribution >= 4 is 34.3 Å². The molecule has 1 amide bonds. The molecular weight excluding hydrogens is 501 g/mol. The molecule has 0 bridgehead atoms. The van der Waals surface area contributed by atoms with E-state index in [0.29, 0.717) is 60.6 Å². The molecule has 2 aromatic heterocycles. The highest BCUT2D eigenvalue weighted by Gasteiger charge is 2.32. The number of benzene rings is 2. The Morgan fingerprint density at radius 3 is 2.55 bits per heavy atom. The van der Waals surface area contributed by atoms with Gasteiger partial charge in [-0.25, -0.2) is 4.98 Å². The van der Waals surface area contributed by atoms with Crippen LogP contribution < -0.4 is 20.3 Å². The summed E-state index contributed by atoms with van der Waals surface area (Å²) in [7, 11) is 3.29. The number of carbonyl (C=O) groups excluding carboxylic acids is 1. The Labute approximate surface area is 216 Å². The van der Waals surface area contributed by atoms with Crippen LogP contribution >= 0.6 is 0 Å². The van der Waals surface area contributed by atoms with Gasteiger partial charge in [0.15, 0.2) is 0 Å². The Bertz CT molecular complexity index is 1480. The molecule has 0 spiro atoms. The number of hydrogen-bond donors (Lipinski definition) is 2. The first kappa shape index (κ1) is 25.3. The number of nitrogens with one attached hydrogen (secondary N) is 2. The summed E-state index contributed by atoms with van der Waals surface area (Å²) in [5, 5.41) is 5.62. The van der Waals surface area contributed by atoms with E-state index in [1.54, 1.807) is 35.9 Å².